The lowest BCUT2D eigenvalue weighted by Crippen LogP contribution is -2.38. The van der Waals surface area contributed by atoms with Gasteiger partial charge in [0.25, 0.3) is 5.56 Å². The van der Waals surface area contributed by atoms with E-state index in [1.165, 1.54) is 37.0 Å². The monoisotopic (exact) mass is 474 g/mol. The lowest BCUT2D eigenvalue weighted by Gasteiger charge is -2.22. The van der Waals surface area contributed by atoms with Crippen LogP contribution in [0, 0.1) is 22.7 Å². The summed E-state index contributed by atoms with van der Waals surface area (Å²) in [6, 6.07) is 13.3. The number of hydrogen-bond donors (Lipinski definition) is 3. The van der Waals surface area contributed by atoms with E-state index < -0.39 is 11.5 Å². The van der Waals surface area contributed by atoms with Crippen LogP contribution in [0.5, 0.6) is 23.0 Å². The van der Waals surface area contributed by atoms with E-state index in [1.54, 1.807) is 24.3 Å². The second-order valence-electron chi connectivity index (χ2n) is 7.29. The van der Waals surface area contributed by atoms with Crippen molar-refractivity contribution >= 4 is 28.8 Å². The molecule has 0 amide bonds. The van der Waals surface area contributed by atoms with Crippen LogP contribution in [0.25, 0.3) is 17.5 Å². The smallest absolute Gasteiger partial charge is 0.274 e. The minimum Gasteiger partial charge on any atom is -0.504 e. The summed E-state index contributed by atoms with van der Waals surface area (Å²) in [5.74, 6) is -0.630. The van der Waals surface area contributed by atoms with Crippen molar-refractivity contribution in [3.8, 4) is 35.1 Å². The van der Waals surface area contributed by atoms with Crippen molar-refractivity contribution in [1.29, 1.82) is 10.5 Å². The topological polar surface area (TPSA) is 155 Å². The van der Waals surface area contributed by atoms with Crippen molar-refractivity contribution in [1.82, 2.24) is 4.57 Å². The van der Waals surface area contributed by atoms with E-state index in [2.05, 4.69) is 6.07 Å². The Labute approximate surface area is 197 Å². The van der Waals surface area contributed by atoms with E-state index in [-0.39, 0.29) is 44.5 Å². The van der Waals surface area contributed by atoms with Gasteiger partial charge in [0.05, 0.1) is 48.0 Å². The Balaban J connectivity index is 2.02. The number of thiazole rings is 1. The highest BCUT2D eigenvalue weighted by molar-refractivity contribution is 7.07. The SMILES string of the molecule is COc1cc(C=c2sc3n(c2=O)C(N)=C(C#N)C(c2ccc(O)c(OC)c2)C=3C#N)ccc1O. The van der Waals surface area contributed by atoms with E-state index in [0.29, 0.717) is 15.8 Å². The molecule has 2 heterocycles. The predicted octanol–water partition coefficient (Wildman–Crippen LogP) is 1.29. The lowest BCUT2D eigenvalue weighted by molar-refractivity contribution is 0.373. The van der Waals surface area contributed by atoms with Crippen molar-refractivity contribution < 1.29 is 19.7 Å². The number of benzene rings is 2. The van der Waals surface area contributed by atoms with Gasteiger partial charge in [0.1, 0.15) is 10.5 Å². The van der Waals surface area contributed by atoms with Crippen LogP contribution in [0.4, 0.5) is 0 Å². The molecule has 0 radical (unpaired) electrons. The zero-order valence-corrected chi connectivity index (χ0v) is 18.9. The molecule has 0 saturated carbocycles. The predicted molar refractivity (Wildman–Crippen MR) is 125 cm³/mol. The van der Waals surface area contributed by atoms with Crippen molar-refractivity contribution in [2.75, 3.05) is 14.2 Å². The minimum atomic E-state index is -0.843. The molecule has 1 aromatic heterocycles. The van der Waals surface area contributed by atoms with E-state index in [0.717, 1.165) is 11.3 Å². The average molecular weight is 474 g/mol. The number of methoxy groups -OCH3 is 2. The fourth-order valence-corrected chi connectivity index (χ4v) is 4.92. The van der Waals surface area contributed by atoms with Gasteiger partial charge >= 0.3 is 0 Å². The highest BCUT2D eigenvalue weighted by Crippen LogP contribution is 2.39. The van der Waals surface area contributed by atoms with Crippen molar-refractivity contribution in [3.05, 3.63) is 72.6 Å². The van der Waals surface area contributed by atoms with Crippen LogP contribution in [0.3, 0.4) is 0 Å². The van der Waals surface area contributed by atoms with Crippen molar-refractivity contribution in [2.24, 2.45) is 5.73 Å². The number of nitriles is 2. The maximum Gasteiger partial charge on any atom is 0.274 e. The summed E-state index contributed by atoms with van der Waals surface area (Å²) in [6.45, 7) is 0. The van der Waals surface area contributed by atoms with Crippen LogP contribution in [-0.2, 0) is 0 Å². The molecule has 9 nitrogen and oxygen atoms in total. The number of nitrogens with two attached hydrogens (primary N) is 1. The normalized spacial score (nSPS) is 15.5. The van der Waals surface area contributed by atoms with E-state index in [9.17, 15) is 25.5 Å². The highest BCUT2D eigenvalue weighted by Gasteiger charge is 2.32. The zero-order valence-electron chi connectivity index (χ0n) is 18.1. The number of ether oxygens (including phenoxy) is 2. The number of rotatable bonds is 4. The van der Waals surface area contributed by atoms with Gasteiger partial charge in [-0.3, -0.25) is 9.36 Å². The van der Waals surface area contributed by atoms with Gasteiger partial charge in [0, 0.05) is 0 Å². The first-order valence-corrected chi connectivity index (χ1v) is 10.7. The Kier molecular flexibility index (Phi) is 5.76. The van der Waals surface area contributed by atoms with Crippen LogP contribution in [0.2, 0.25) is 0 Å². The Morgan fingerprint density at radius 3 is 2.26 bits per heavy atom. The number of fused-ring (bicyclic) bond motifs is 1. The number of allylic oxidation sites excluding steroid dienone is 1. The number of aromatic nitrogens is 1. The molecule has 34 heavy (non-hydrogen) atoms. The molecule has 0 aliphatic carbocycles. The third-order valence-corrected chi connectivity index (χ3v) is 6.54. The Bertz CT molecular complexity index is 1620. The quantitative estimate of drug-likeness (QED) is 0.511. The maximum atomic E-state index is 13.2. The molecule has 1 aliphatic heterocycles. The standard InChI is InChI=1S/C24H18N4O5S/c1-32-18-7-12(3-5-16(18)29)8-20-23(31)28-22(27)14(10-25)21(15(11-26)24(28)34-20)13-4-6-17(30)19(9-13)33-2/h3-9,21,29-30H,27H2,1-2H3. The molecule has 1 atom stereocenters. The molecule has 4 rings (SSSR count). The molecule has 0 spiro atoms. The minimum absolute atomic E-state index is 0.0366. The summed E-state index contributed by atoms with van der Waals surface area (Å²) < 4.78 is 12.0. The largest absolute Gasteiger partial charge is 0.504 e. The number of aromatic hydroxyl groups is 2. The van der Waals surface area contributed by atoms with Crippen LogP contribution < -0.4 is 30.0 Å². The van der Waals surface area contributed by atoms with E-state index in [1.807, 2.05) is 6.07 Å². The molecular weight excluding hydrogens is 456 g/mol. The Hall–Kier alpha value is -4.67. The van der Waals surface area contributed by atoms with Gasteiger partial charge in [0.2, 0.25) is 0 Å². The summed E-state index contributed by atoms with van der Waals surface area (Å²) in [5.41, 5.74) is 7.10. The van der Waals surface area contributed by atoms with Gasteiger partial charge < -0.3 is 25.4 Å². The first kappa shape index (κ1) is 22.5. The second-order valence-corrected chi connectivity index (χ2v) is 8.32. The molecule has 0 bridgehead atoms. The van der Waals surface area contributed by atoms with Gasteiger partial charge in [-0.25, -0.2) is 0 Å². The molecule has 0 saturated heterocycles. The number of phenols is 2. The van der Waals surface area contributed by atoms with Crippen LogP contribution in [-0.4, -0.2) is 29.0 Å². The van der Waals surface area contributed by atoms with Crippen molar-refractivity contribution in [2.45, 2.75) is 5.92 Å². The molecule has 4 N–H and O–H groups in total. The fraction of sp³-hybridized carbons (Fsp3) is 0.125. The van der Waals surface area contributed by atoms with Gasteiger partial charge in [-0.1, -0.05) is 12.1 Å². The summed E-state index contributed by atoms with van der Waals surface area (Å²) >= 11 is 1.06. The van der Waals surface area contributed by atoms with Gasteiger partial charge in [-0.15, -0.1) is 11.3 Å². The van der Waals surface area contributed by atoms with Gasteiger partial charge in [0.15, 0.2) is 23.0 Å². The summed E-state index contributed by atoms with van der Waals surface area (Å²) in [4.78, 5) is 13.2. The number of hydrogen-bond acceptors (Lipinski definition) is 9. The summed E-state index contributed by atoms with van der Waals surface area (Å²) in [7, 11) is 2.81. The molecule has 3 aromatic rings. The Morgan fingerprint density at radius 1 is 1.03 bits per heavy atom. The molecule has 0 fully saturated rings. The van der Waals surface area contributed by atoms with Gasteiger partial charge in [-0.05, 0) is 41.5 Å². The van der Waals surface area contributed by atoms with Crippen molar-refractivity contribution in [3.63, 3.8) is 0 Å². The van der Waals surface area contributed by atoms with E-state index in [4.69, 9.17) is 15.2 Å². The summed E-state index contributed by atoms with van der Waals surface area (Å²) in [6.07, 6.45) is 1.59. The number of phenolic OH excluding ortho intramolecular Hbond substituents is 2. The summed E-state index contributed by atoms with van der Waals surface area (Å²) in [5, 5.41) is 39.7. The molecule has 1 unspecified atom stereocenters. The molecule has 1 aliphatic rings. The zero-order chi connectivity index (χ0) is 24.6. The lowest BCUT2D eigenvalue weighted by atomic mass is 9.84. The molecule has 2 aromatic carbocycles. The first-order chi connectivity index (χ1) is 16.3. The van der Waals surface area contributed by atoms with Crippen LogP contribution >= 0.6 is 11.3 Å². The van der Waals surface area contributed by atoms with Crippen LogP contribution in [0.1, 0.15) is 17.0 Å². The highest BCUT2D eigenvalue weighted by atomic mass is 32.1. The molecular formula is C24H18N4O5S. The average Bonchev–Trinajstić information content (AvgIpc) is 3.16. The van der Waals surface area contributed by atoms with Crippen LogP contribution in [0.15, 0.2) is 46.8 Å². The molecule has 170 valence electrons. The van der Waals surface area contributed by atoms with Gasteiger partial charge in [-0.2, -0.15) is 10.5 Å². The third kappa shape index (κ3) is 3.52. The third-order valence-electron chi connectivity index (χ3n) is 5.43. The Morgan fingerprint density at radius 2 is 1.65 bits per heavy atom. The fourth-order valence-electron chi connectivity index (χ4n) is 3.79. The second kappa shape index (κ2) is 8.70. The number of nitrogens with zero attached hydrogens (tertiary/aromatic N) is 3. The maximum absolute atomic E-state index is 13.2. The van der Waals surface area contributed by atoms with E-state index >= 15 is 0 Å². The molecule has 10 heteroatoms. The first-order valence-electron chi connectivity index (χ1n) is 9.86.